The topological polar surface area (TPSA) is 29.3 Å². The average Bonchev–Trinajstić information content (AvgIpc) is 2.63. The number of nitrogens with two attached hydrogens (primary N) is 1. The van der Waals surface area contributed by atoms with Crippen molar-refractivity contribution in [3.8, 4) is 0 Å². The van der Waals surface area contributed by atoms with Gasteiger partial charge >= 0.3 is 0 Å². The fourth-order valence-corrected chi connectivity index (χ4v) is 3.47. The third-order valence-corrected chi connectivity index (χ3v) is 4.84. The summed E-state index contributed by atoms with van der Waals surface area (Å²) < 4.78 is 0. The molecule has 0 spiro atoms. The predicted molar refractivity (Wildman–Crippen MR) is 83.9 cm³/mol. The van der Waals surface area contributed by atoms with Gasteiger partial charge in [-0.15, -0.1) is 0 Å². The van der Waals surface area contributed by atoms with Crippen LogP contribution in [0, 0.1) is 12.8 Å². The van der Waals surface area contributed by atoms with E-state index in [2.05, 4.69) is 57.7 Å². The highest BCUT2D eigenvalue weighted by atomic mass is 15.2. The summed E-state index contributed by atoms with van der Waals surface area (Å²) in [6.07, 6.45) is 1.20. The van der Waals surface area contributed by atoms with Crippen LogP contribution in [0.1, 0.15) is 51.2 Å². The van der Waals surface area contributed by atoms with Crippen LogP contribution in [0.5, 0.6) is 0 Å². The van der Waals surface area contributed by atoms with Crippen molar-refractivity contribution in [1.82, 2.24) is 0 Å². The lowest BCUT2D eigenvalue weighted by atomic mass is 9.87. The molecule has 0 saturated carbocycles. The Hall–Kier alpha value is -1.02. The number of benzene rings is 1. The van der Waals surface area contributed by atoms with Gasteiger partial charge in [-0.05, 0) is 56.7 Å². The number of hydrogen-bond acceptors (Lipinski definition) is 2. The zero-order chi connectivity index (χ0) is 14.2. The van der Waals surface area contributed by atoms with Crippen LogP contribution < -0.4 is 10.6 Å². The van der Waals surface area contributed by atoms with Crippen molar-refractivity contribution >= 4 is 5.69 Å². The Balaban J connectivity index is 2.48. The summed E-state index contributed by atoms with van der Waals surface area (Å²) >= 11 is 0. The Morgan fingerprint density at radius 3 is 2.58 bits per heavy atom. The Labute approximate surface area is 118 Å². The van der Waals surface area contributed by atoms with E-state index in [1.165, 1.54) is 23.2 Å². The molecule has 2 heteroatoms. The van der Waals surface area contributed by atoms with Gasteiger partial charge in [0.15, 0.2) is 0 Å². The SMILES string of the molecule is Cc1cccc(C(C)C)c1N1CCC(CN)C1(C)C. The van der Waals surface area contributed by atoms with Crippen molar-refractivity contribution in [2.75, 3.05) is 18.0 Å². The molecule has 0 aromatic heterocycles. The highest BCUT2D eigenvalue weighted by Crippen LogP contribution is 2.42. The molecular formula is C17H28N2. The zero-order valence-corrected chi connectivity index (χ0v) is 13.0. The second-order valence-electron chi connectivity index (χ2n) is 6.69. The summed E-state index contributed by atoms with van der Waals surface area (Å²) in [5.74, 6) is 1.15. The standard InChI is InChI=1S/C17H28N2/c1-12(2)15-8-6-7-13(3)16(15)19-10-9-14(11-18)17(19,4)5/h6-8,12,14H,9-11,18H2,1-5H3. The second kappa shape index (κ2) is 5.16. The summed E-state index contributed by atoms with van der Waals surface area (Å²) in [7, 11) is 0. The van der Waals surface area contributed by atoms with Gasteiger partial charge in [0.2, 0.25) is 0 Å². The Kier molecular flexibility index (Phi) is 3.91. The third-order valence-electron chi connectivity index (χ3n) is 4.84. The highest BCUT2D eigenvalue weighted by molar-refractivity contribution is 5.63. The molecule has 0 bridgehead atoms. The van der Waals surface area contributed by atoms with Crippen LogP contribution in [0.4, 0.5) is 5.69 Å². The molecule has 2 rings (SSSR count). The first-order valence-electron chi connectivity index (χ1n) is 7.46. The number of aryl methyl sites for hydroxylation is 1. The Bertz CT molecular complexity index is 449. The van der Waals surface area contributed by atoms with Gasteiger partial charge in [0.05, 0.1) is 0 Å². The molecule has 1 aromatic carbocycles. The van der Waals surface area contributed by atoms with Crippen LogP contribution >= 0.6 is 0 Å². The lowest BCUT2D eigenvalue weighted by Crippen LogP contribution is -2.45. The predicted octanol–water partition coefficient (Wildman–Crippen LogP) is 3.68. The minimum Gasteiger partial charge on any atom is -0.366 e. The molecule has 0 amide bonds. The van der Waals surface area contributed by atoms with Gasteiger partial charge < -0.3 is 10.6 Å². The molecule has 1 aliphatic heterocycles. The van der Waals surface area contributed by atoms with Crippen LogP contribution in [0.2, 0.25) is 0 Å². The van der Waals surface area contributed by atoms with Gasteiger partial charge in [0, 0.05) is 17.8 Å². The highest BCUT2D eigenvalue weighted by Gasteiger charge is 2.41. The van der Waals surface area contributed by atoms with Crippen LogP contribution in [-0.4, -0.2) is 18.6 Å². The van der Waals surface area contributed by atoms with E-state index in [9.17, 15) is 0 Å². The fraction of sp³-hybridized carbons (Fsp3) is 0.647. The molecule has 0 radical (unpaired) electrons. The van der Waals surface area contributed by atoms with Crippen molar-refractivity contribution in [3.05, 3.63) is 29.3 Å². The first-order valence-corrected chi connectivity index (χ1v) is 7.46. The van der Waals surface area contributed by atoms with Gasteiger partial charge in [0.25, 0.3) is 0 Å². The molecule has 1 atom stereocenters. The van der Waals surface area contributed by atoms with Gasteiger partial charge in [0.1, 0.15) is 0 Å². The molecule has 1 aromatic rings. The molecule has 19 heavy (non-hydrogen) atoms. The van der Waals surface area contributed by atoms with E-state index in [0.717, 1.165) is 13.1 Å². The summed E-state index contributed by atoms with van der Waals surface area (Å²) in [5.41, 5.74) is 10.4. The normalized spacial score (nSPS) is 22.3. The summed E-state index contributed by atoms with van der Waals surface area (Å²) in [6, 6.07) is 6.68. The van der Waals surface area contributed by atoms with Gasteiger partial charge in [-0.2, -0.15) is 0 Å². The Morgan fingerprint density at radius 2 is 2.05 bits per heavy atom. The molecule has 1 unspecified atom stereocenters. The van der Waals surface area contributed by atoms with E-state index in [1.54, 1.807) is 0 Å². The van der Waals surface area contributed by atoms with Crippen LogP contribution in [-0.2, 0) is 0 Å². The van der Waals surface area contributed by atoms with E-state index >= 15 is 0 Å². The third kappa shape index (κ3) is 2.38. The van der Waals surface area contributed by atoms with Crippen LogP contribution in [0.3, 0.4) is 0 Å². The van der Waals surface area contributed by atoms with Gasteiger partial charge in [-0.25, -0.2) is 0 Å². The zero-order valence-electron chi connectivity index (χ0n) is 13.0. The van der Waals surface area contributed by atoms with Crippen molar-refractivity contribution in [1.29, 1.82) is 0 Å². The van der Waals surface area contributed by atoms with Crippen LogP contribution in [0.25, 0.3) is 0 Å². The molecular weight excluding hydrogens is 232 g/mol. The van der Waals surface area contributed by atoms with E-state index < -0.39 is 0 Å². The number of para-hydroxylation sites is 1. The molecule has 1 fully saturated rings. The average molecular weight is 260 g/mol. The van der Waals surface area contributed by atoms with Crippen LogP contribution in [0.15, 0.2) is 18.2 Å². The smallest absolute Gasteiger partial charge is 0.0435 e. The lowest BCUT2D eigenvalue weighted by molar-refractivity contribution is 0.373. The maximum Gasteiger partial charge on any atom is 0.0435 e. The van der Waals surface area contributed by atoms with Crippen molar-refractivity contribution < 1.29 is 0 Å². The van der Waals surface area contributed by atoms with Crippen molar-refractivity contribution in [2.45, 2.75) is 52.5 Å². The number of anilines is 1. The summed E-state index contributed by atoms with van der Waals surface area (Å²) in [5, 5.41) is 0. The van der Waals surface area contributed by atoms with Crippen molar-refractivity contribution in [2.24, 2.45) is 11.7 Å². The maximum absolute atomic E-state index is 5.96. The van der Waals surface area contributed by atoms with Crippen molar-refractivity contribution in [3.63, 3.8) is 0 Å². The molecule has 1 saturated heterocycles. The van der Waals surface area contributed by atoms with E-state index in [-0.39, 0.29) is 5.54 Å². The van der Waals surface area contributed by atoms with E-state index in [0.29, 0.717) is 11.8 Å². The monoisotopic (exact) mass is 260 g/mol. The molecule has 2 N–H and O–H groups in total. The fourth-order valence-electron chi connectivity index (χ4n) is 3.47. The first kappa shape index (κ1) is 14.4. The van der Waals surface area contributed by atoms with Gasteiger partial charge in [-0.3, -0.25) is 0 Å². The maximum atomic E-state index is 5.96. The minimum atomic E-state index is 0.157. The lowest BCUT2D eigenvalue weighted by Gasteiger charge is -2.40. The molecule has 2 nitrogen and oxygen atoms in total. The molecule has 1 heterocycles. The Morgan fingerprint density at radius 1 is 1.37 bits per heavy atom. The minimum absolute atomic E-state index is 0.157. The first-order chi connectivity index (χ1) is 8.89. The summed E-state index contributed by atoms with van der Waals surface area (Å²) in [4.78, 5) is 2.59. The summed E-state index contributed by atoms with van der Waals surface area (Å²) in [6.45, 7) is 13.4. The number of nitrogens with zero attached hydrogens (tertiary/aromatic N) is 1. The van der Waals surface area contributed by atoms with E-state index in [1.807, 2.05) is 0 Å². The molecule has 106 valence electrons. The number of rotatable bonds is 3. The molecule has 1 aliphatic rings. The van der Waals surface area contributed by atoms with Gasteiger partial charge in [-0.1, -0.05) is 32.0 Å². The molecule has 0 aliphatic carbocycles. The number of hydrogen-bond donors (Lipinski definition) is 1. The quantitative estimate of drug-likeness (QED) is 0.898. The van der Waals surface area contributed by atoms with E-state index in [4.69, 9.17) is 5.73 Å². The largest absolute Gasteiger partial charge is 0.366 e. The second-order valence-corrected chi connectivity index (χ2v) is 6.69.